The van der Waals surface area contributed by atoms with E-state index in [1.54, 1.807) is 18.2 Å². The van der Waals surface area contributed by atoms with E-state index in [9.17, 15) is 14.9 Å². The summed E-state index contributed by atoms with van der Waals surface area (Å²) in [6, 6.07) is 28.7. The number of rotatable bonds is 11. The molecular formula is C28H23NO6S. The minimum absolute atomic E-state index is 0.0787. The van der Waals surface area contributed by atoms with E-state index in [2.05, 4.69) is 0 Å². The smallest absolute Gasteiger partial charge is 0.335 e. The number of hydrogen-bond donors (Lipinski definition) is 1. The fourth-order valence-electron chi connectivity index (χ4n) is 3.41. The fraction of sp³-hybridized carbons (Fsp3) is 0.107. The Labute approximate surface area is 212 Å². The van der Waals surface area contributed by atoms with Gasteiger partial charge in [0, 0.05) is 16.7 Å². The number of carboxylic acid groups (broad SMARTS) is 1. The number of carboxylic acids is 1. The Bertz CT molecular complexity index is 1330. The van der Waals surface area contributed by atoms with Crippen LogP contribution in [0, 0.1) is 10.1 Å². The molecule has 0 unspecified atom stereocenters. The molecule has 4 rings (SSSR count). The average Bonchev–Trinajstić information content (AvgIpc) is 2.91. The van der Waals surface area contributed by atoms with Crippen molar-refractivity contribution in [2.24, 2.45) is 0 Å². The first-order chi connectivity index (χ1) is 17.5. The van der Waals surface area contributed by atoms with Crippen LogP contribution in [0.15, 0.2) is 102 Å². The van der Waals surface area contributed by atoms with Crippen LogP contribution in [-0.2, 0) is 19.0 Å². The van der Waals surface area contributed by atoms with Crippen molar-refractivity contribution in [3.05, 3.63) is 129 Å². The Morgan fingerprint density at radius 3 is 1.94 bits per heavy atom. The van der Waals surface area contributed by atoms with Crippen LogP contribution in [0.5, 0.6) is 11.5 Å². The molecule has 0 aliphatic heterocycles. The van der Waals surface area contributed by atoms with E-state index < -0.39 is 10.9 Å². The molecule has 0 fully saturated rings. The summed E-state index contributed by atoms with van der Waals surface area (Å²) in [5, 5.41) is 21.1. The van der Waals surface area contributed by atoms with Crippen LogP contribution < -0.4 is 9.47 Å². The lowest BCUT2D eigenvalue weighted by Crippen LogP contribution is -2.04. The molecule has 36 heavy (non-hydrogen) atoms. The third-order valence-corrected chi connectivity index (χ3v) is 6.32. The van der Waals surface area contributed by atoms with Gasteiger partial charge in [0.05, 0.1) is 10.5 Å². The number of nitro groups is 1. The van der Waals surface area contributed by atoms with Crippen molar-refractivity contribution in [2.75, 3.05) is 0 Å². The largest absolute Gasteiger partial charge is 0.485 e. The highest BCUT2D eigenvalue weighted by molar-refractivity contribution is 7.98. The number of carbonyl (C=O) groups is 1. The highest BCUT2D eigenvalue weighted by Crippen LogP contribution is 2.42. The van der Waals surface area contributed by atoms with Crippen LogP contribution in [-0.4, -0.2) is 16.0 Å². The number of benzene rings is 4. The Hall–Kier alpha value is -4.30. The second kappa shape index (κ2) is 11.9. The van der Waals surface area contributed by atoms with Crippen molar-refractivity contribution in [1.82, 2.24) is 0 Å². The number of aromatic carboxylic acids is 1. The maximum atomic E-state index is 12.0. The van der Waals surface area contributed by atoms with Gasteiger partial charge in [0.1, 0.15) is 13.2 Å². The zero-order chi connectivity index (χ0) is 25.3. The highest BCUT2D eigenvalue weighted by Gasteiger charge is 2.23. The SMILES string of the molecule is O=C(O)c1ccc(CSc2cc(OCc3ccccc3)c(OCc3ccccc3)c([N+](=O)[O-])c2)cc1. The zero-order valence-electron chi connectivity index (χ0n) is 19.2. The van der Waals surface area contributed by atoms with E-state index in [1.807, 2.05) is 60.7 Å². The maximum absolute atomic E-state index is 12.0. The lowest BCUT2D eigenvalue weighted by atomic mass is 10.1. The van der Waals surface area contributed by atoms with Crippen LogP contribution in [0.1, 0.15) is 27.0 Å². The minimum Gasteiger partial charge on any atom is -0.485 e. The molecule has 0 aliphatic carbocycles. The van der Waals surface area contributed by atoms with Gasteiger partial charge in [-0.2, -0.15) is 0 Å². The van der Waals surface area contributed by atoms with Crippen LogP contribution in [0.4, 0.5) is 5.69 Å². The van der Waals surface area contributed by atoms with Crippen molar-refractivity contribution in [3.63, 3.8) is 0 Å². The second-order valence-corrected chi connectivity index (χ2v) is 8.91. The van der Waals surface area contributed by atoms with Gasteiger partial charge in [0.2, 0.25) is 5.75 Å². The molecule has 4 aromatic rings. The van der Waals surface area contributed by atoms with E-state index >= 15 is 0 Å². The van der Waals surface area contributed by atoms with Gasteiger partial charge >= 0.3 is 11.7 Å². The number of hydrogen-bond acceptors (Lipinski definition) is 6. The Balaban J connectivity index is 1.60. The lowest BCUT2D eigenvalue weighted by Gasteiger charge is -2.15. The van der Waals surface area contributed by atoms with Gasteiger partial charge in [-0.1, -0.05) is 72.8 Å². The van der Waals surface area contributed by atoms with Gasteiger partial charge in [0.25, 0.3) is 0 Å². The summed E-state index contributed by atoms with van der Waals surface area (Å²) in [6.07, 6.45) is 0. The summed E-state index contributed by atoms with van der Waals surface area (Å²) in [4.78, 5) is 23.2. The summed E-state index contributed by atoms with van der Waals surface area (Å²) in [5.41, 5.74) is 2.72. The molecule has 0 bridgehead atoms. The van der Waals surface area contributed by atoms with E-state index in [-0.39, 0.29) is 36.0 Å². The summed E-state index contributed by atoms with van der Waals surface area (Å²) >= 11 is 1.39. The van der Waals surface area contributed by atoms with E-state index in [0.717, 1.165) is 16.7 Å². The van der Waals surface area contributed by atoms with E-state index in [1.165, 1.54) is 30.0 Å². The molecule has 0 amide bonds. The number of nitrogens with zero attached hydrogens (tertiary/aromatic N) is 1. The third-order valence-electron chi connectivity index (χ3n) is 5.28. The predicted molar refractivity (Wildman–Crippen MR) is 138 cm³/mol. The average molecular weight is 502 g/mol. The first kappa shape index (κ1) is 24.8. The van der Waals surface area contributed by atoms with Crippen molar-refractivity contribution >= 4 is 23.4 Å². The molecule has 182 valence electrons. The molecule has 0 atom stereocenters. The molecule has 0 saturated heterocycles. The molecule has 0 aliphatic rings. The van der Waals surface area contributed by atoms with Crippen LogP contribution in [0.3, 0.4) is 0 Å². The summed E-state index contributed by atoms with van der Waals surface area (Å²) in [7, 11) is 0. The van der Waals surface area contributed by atoms with Crippen LogP contribution in [0.25, 0.3) is 0 Å². The van der Waals surface area contributed by atoms with E-state index in [4.69, 9.17) is 14.6 Å². The molecule has 0 spiro atoms. The number of thioether (sulfide) groups is 1. The maximum Gasteiger partial charge on any atom is 0.335 e. The molecule has 1 N–H and O–H groups in total. The summed E-state index contributed by atoms with van der Waals surface area (Å²) < 4.78 is 12.0. The third kappa shape index (κ3) is 6.64. The van der Waals surface area contributed by atoms with Gasteiger partial charge in [-0.15, -0.1) is 11.8 Å². The standard InChI is InChI=1S/C28H23NO6S/c30-28(31)23-13-11-22(12-14-23)19-36-24-15-25(29(32)33)27(35-18-21-9-5-2-6-10-21)26(16-24)34-17-20-7-3-1-4-8-20/h1-16H,17-19H2,(H,30,31). The van der Waals surface area contributed by atoms with Gasteiger partial charge in [0.15, 0.2) is 5.75 Å². The quantitative estimate of drug-likeness (QED) is 0.138. The van der Waals surface area contributed by atoms with Gasteiger partial charge in [-0.05, 0) is 34.9 Å². The Kier molecular flexibility index (Phi) is 8.20. The Morgan fingerprint density at radius 2 is 1.39 bits per heavy atom. The van der Waals surface area contributed by atoms with Crippen molar-refractivity contribution in [3.8, 4) is 11.5 Å². The van der Waals surface area contributed by atoms with Gasteiger partial charge in [-0.25, -0.2) is 4.79 Å². The topological polar surface area (TPSA) is 98.9 Å². The molecule has 7 nitrogen and oxygen atoms in total. The molecule has 0 saturated carbocycles. The normalized spacial score (nSPS) is 10.6. The second-order valence-electron chi connectivity index (χ2n) is 7.87. The summed E-state index contributed by atoms with van der Waals surface area (Å²) in [6.45, 7) is 0.385. The number of ether oxygens (including phenoxy) is 2. The predicted octanol–water partition coefficient (Wildman–Crippen LogP) is 6.74. The molecule has 4 aromatic carbocycles. The molecule has 0 heterocycles. The molecular weight excluding hydrogens is 478 g/mol. The lowest BCUT2D eigenvalue weighted by molar-refractivity contribution is -0.386. The van der Waals surface area contributed by atoms with Crippen molar-refractivity contribution in [1.29, 1.82) is 0 Å². The first-order valence-electron chi connectivity index (χ1n) is 11.1. The zero-order valence-corrected chi connectivity index (χ0v) is 20.0. The Morgan fingerprint density at radius 1 is 0.806 bits per heavy atom. The minimum atomic E-state index is -0.990. The van der Waals surface area contributed by atoms with Crippen molar-refractivity contribution < 1.29 is 24.3 Å². The monoisotopic (exact) mass is 501 g/mol. The first-order valence-corrected chi connectivity index (χ1v) is 12.1. The summed E-state index contributed by atoms with van der Waals surface area (Å²) in [5.74, 6) is -0.127. The van der Waals surface area contributed by atoms with Crippen LogP contribution >= 0.6 is 11.8 Å². The highest BCUT2D eigenvalue weighted by atomic mass is 32.2. The molecule has 8 heteroatoms. The number of nitro benzene ring substituents is 1. The van der Waals surface area contributed by atoms with Crippen LogP contribution in [0.2, 0.25) is 0 Å². The molecule has 0 aromatic heterocycles. The fourth-order valence-corrected chi connectivity index (χ4v) is 4.32. The van der Waals surface area contributed by atoms with Gasteiger partial charge in [-0.3, -0.25) is 10.1 Å². The molecule has 0 radical (unpaired) electrons. The van der Waals surface area contributed by atoms with Gasteiger partial charge < -0.3 is 14.6 Å². The van der Waals surface area contributed by atoms with E-state index in [0.29, 0.717) is 10.6 Å². The van der Waals surface area contributed by atoms with Crippen molar-refractivity contribution in [2.45, 2.75) is 23.9 Å².